The topological polar surface area (TPSA) is 86.7 Å². The molecule has 2 atom stereocenters. The average Bonchev–Trinajstić information content (AvgIpc) is 3.02. The molecule has 0 aromatic heterocycles. The van der Waals surface area contributed by atoms with Crippen molar-refractivity contribution < 1.29 is 19.5 Å². The average molecular weight is 316 g/mol. The fraction of sp³-hybridized carbons (Fsp3) is 0.471. The van der Waals surface area contributed by atoms with Gasteiger partial charge in [-0.25, -0.2) is 4.79 Å². The van der Waals surface area contributed by atoms with Crippen LogP contribution in [0, 0.1) is 5.92 Å². The first-order chi connectivity index (χ1) is 11.1. The molecule has 0 bridgehead atoms. The number of anilines is 1. The van der Waals surface area contributed by atoms with Gasteiger partial charge in [-0.15, -0.1) is 0 Å². The number of fused-ring (bicyclic) bond motifs is 1. The van der Waals surface area contributed by atoms with E-state index in [4.69, 9.17) is 5.11 Å². The number of amides is 2. The number of nitrogens with one attached hydrogen (secondary N) is 1. The summed E-state index contributed by atoms with van der Waals surface area (Å²) in [4.78, 5) is 37.0. The number of carboxylic acid groups (broad SMARTS) is 1. The number of carboxylic acids is 1. The molecular formula is C17H20N2O4. The van der Waals surface area contributed by atoms with Crippen LogP contribution < -0.4 is 5.32 Å². The van der Waals surface area contributed by atoms with E-state index in [9.17, 15) is 14.4 Å². The predicted octanol–water partition coefficient (Wildman–Crippen LogP) is 1.65. The zero-order chi connectivity index (χ0) is 16.4. The molecule has 6 nitrogen and oxygen atoms in total. The minimum absolute atomic E-state index is 0.0623. The van der Waals surface area contributed by atoms with Crippen molar-refractivity contribution in [2.24, 2.45) is 5.92 Å². The number of benzene rings is 1. The van der Waals surface area contributed by atoms with E-state index < -0.39 is 12.0 Å². The molecule has 1 saturated heterocycles. The number of hydrogen-bond donors (Lipinski definition) is 2. The summed E-state index contributed by atoms with van der Waals surface area (Å²) in [7, 11) is 0. The molecule has 1 unspecified atom stereocenters. The maximum atomic E-state index is 12.3. The van der Waals surface area contributed by atoms with Crippen molar-refractivity contribution in [3.8, 4) is 0 Å². The Hall–Kier alpha value is -2.37. The lowest BCUT2D eigenvalue weighted by Gasteiger charge is -2.26. The molecule has 2 aliphatic rings. The summed E-state index contributed by atoms with van der Waals surface area (Å²) in [5, 5.41) is 12.0. The van der Waals surface area contributed by atoms with Crippen LogP contribution in [0.1, 0.15) is 31.2 Å². The number of carbonyl (C=O) groups is 3. The standard InChI is InChI=1S/C17H20N2O4/c20-15(19-9-3-6-14(19)17(22)23)8-7-12-10-11-4-1-2-5-13(11)18-16(12)21/h1-2,4-5,12,14H,3,6-10H2,(H,18,21)(H,22,23)/t12?,14-/m0/s1. The second-order valence-corrected chi connectivity index (χ2v) is 6.17. The summed E-state index contributed by atoms with van der Waals surface area (Å²) in [5.74, 6) is -1.41. The van der Waals surface area contributed by atoms with Gasteiger partial charge < -0.3 is 15.3 Å². The summed E-state index contributed by atoms with van der Waals surface area (Å²) in [6, 6.07) is 6.95. The third kappa shape index (κ3) is 3.21. The molecule has 2 heterocycles. The van der Waals surface area contributed by atoms with Crippen LogP contribution >= 0.6 is 0 Å². The Morgan fingerprint density at radius 3 is 2.87 bits per heavy atom. The lowest BCUT2D eigenvalue weighted by molar-refractivity contribution is -0.148. The first-order valence-corrected chi connectivity index (χ1v) is 7.97. The van der Waals surface area contributed by atoms with Crippen molar-refractivity contribution >= 4 is 23.5 Å². The van der Waals surface area contributed by atoms with Crippen molar-refractivity contribution in [2.45, 2.75) is 38.1 Å². The highest BCUT2D eigenvalue weighted by atomic mass is 16.4. The molecule has 0 radical (unpaired) electrons. The predicted molar refractivity (Wildman–Crippen MR) is 83.9 cm³/mol. The Balaban J connectivity index is 1.59. The molecule has 1 aromatic rings. The number of aliphatic carboxylic acids is 1. The molecule has 0 saturated carbocycles. The van der Waals surface area contributed by atoms with Gasteiger partial charge in [0.1, 0.15) is 6.04 Å². The quantitative estimate of drug-likeness (QED) is 0.884. The summed E-state index contributed by atoms with van der Waals surface area (Å²) in [5.41, 5.74) is 1.92. The third-order valence-electron chi connectivity index (χ3n) is 4.68. The molecule has 2 aliphatic heterocycles. The zero-order valence-electron chi connectivity index (χ0n) is 12.8. The van der Waals surface area contributed by atoms with Crippen molar-refractivity contribution in [2.75, 3.05) is 11.9 Å². The Labute approximate surface area is 134 Å². The van der Waals surface area contributed by atoms with Crippen LogP contribution in [0.2, 0.25) is 0 Å². The van der Waals surface area contributed by atoms with Gasteiger partial charge in [0.15, 0.2) is 0 Å². The van der Waals surface area contributed by atoms with E-state index in [1.54, 1.807) is 0 Å². The number of para-hydroxylation sites is 1. The Bertz CT molecular complexity index is 643. The fourth-order valence-electron chi connectivity index (χ4n) is 3.41. The number of hydrogen-bond acceptors (Lipinski definition) is 3. The lowest BCUT2D eigenvalue weighted by Crippen LogP contribution is -2.41. The van der Waals surface area contributed by atoms with Gasteiger partial charge in [-0.2, -0.15) is 0 Å². The highest BCUT2D eigenvalue weighted by Crippen LogP contribution is 2.28. The Morgan fingerprint density at radius 1 is 1.30 bits per heavy atom. The van der Waals surface area contributed by atoms with Crippen LogP contribution in [0.3, 0.4) is 0 Å². The molecule has 6 heteroatoms. The van der Waals surface area contributed by atoms with E-state index in [2.05, 4.69) is 5.32 Å². The van der Waals surface area contributed by atoms with Gasteiger partial charge in [-0.05, 0) is 37.3 Å². The van der Waals surface area contributed by atoms with E-state index in [1.807, 2.05) is 24.3 Å². The normalized spacial score (nSPS) is 23.3. The van der Waals surface area contributed by atoms with Gasteiger partial charge in [-0.3, -0.25) is 9.59 Å². The molecule has 0 aliphatic carbocycles. The summed E-state index contributed by atoms with van der Waals surface area (Å²) >= 11 is 0. The molecule has 3 rings (SSSR count). The van der Waals surface area contributed by atoms with Gasteiger partial charge >= 0.3 is 5.97 Å². The number of likely N-dealkylation sites (tertiary alicyclic amines) is 1. The number of rotatable bonds is 4. The third-order valence-corrected chi connectivity index (χ3v) is 4.68. The van der Waals surface area contributed by atoms with E-state index in [-0.39, 0.29) is 24.2 Å². The van der Waals surface area contributed by atoms with Crippen LogP contribution in [0.15, 0.2) is 24.3 Å². The zero-order valence-corrected chi connectivity index (χ0v) is 12.8. The highest BCUT2D eigenvalue weighted by Gasteiger charge is 2.34. The molecule has 1 fully saturated rings. The van der Waals surface area contributed by atoms with E-state index >= 15 is 0 Å². The molecule has 122 valence electrons. The SMILES string of the molecule is O=C1Nc2ccccc2CC1CCC(=O)N1CCC[C@H]1C(=O)O. The lowest BCUT2D eigenvalue weighted by atomic mass is 9.89. The minimum Gasteiger partial charge on any atom is -0.480 e. The maximum absolute atomic E-state index is 12.3. The minimum atomic E-state index is -0.944. The molecular weight excluding hydrogens is 296 g/mol. The van der Waals surface area contributed by atoms with Crippen LogP contribution in [-0.4, -0.2) is 40.4 Å². The molecule has 1 aromatic carbocycles. The van der Waals surface area contributed by atoms with Crippen molar-refractivity contribution in [1.29, 1.82) is 0 Å². The highest BCUT2D eigenvalue weighted by molar-refractivity contribution is 5.96. The monoisotopic (exact) mass is 316 g/mol. The van der Waals surface area contributed by atoms with Crippen molar-refractivity contribution in [3.63, 3.8) is 0 Å². The largest absolute Gasteiger partial charge is 0.480 e. The first-order valence-electron chi connectivity index (χ1n) is 7.97. The summed E-state index contributed by atoms with van der Waals surface area (Å²) in [6.45, 7) is 0.496. The second-order valence-electron chi connectivity index (χ2n) is 6.17. The van der Waals surface area contributed by atoms with Crippen LogP contribution in [0.4, 0.5) is 5.69 Å². The van der Waals surface area contributed by atoms with Crippen LogP contribution in [0.5, 0.6) is 0 Å². The smallest absolute Gasteiger partial charge is 0.326 e. The van der Waals surface area contributed by atoms with Crippen molar-refractivity contribution in [1.82, 2.24) is 4.90 Å². The molecule has 0 spiro atoms. The number of carbonyl (C=O) groups excluding carboxylic acids is 2. The van der Waals surface area contributed by atoms with Gasteiger partial charge in [0.05, 0.1) is 0 Å². The van der Waals surface area contributed by atoms with Gasteiger partial charge in [0, 0.05) is 24.6 Å². The fourth-order valence-corrected chi connectivity index (χ4v) is 3.41. The second kappa shape index (κ2) is 6.40. The molecule has 23 heavy (non-hydrogen) atoms. The maximum Gasteiger partial charge on any atom is 0.326 e. The van der Waals surface area contributed by atoms with Crippen molar-refractivity contribution in [3.05, 3.63) is 29.8 Å². The number of nitrogens with zero attached hydrogens (tertiary/aromatic N) is 1. The van der Waals surface area contributed by atoms with E-state index in [1.165, 1.54) is 4.90 Å². The van der Waals surface area contributed by atoms with Gasteiger partial charge in [0.2, 0.25) is 11.8 Å². The van der Waals surface area contributed by atoms with Crippen LogP contribution in [-0.2, 0) is 20.8 Å². The van der Waals surface area contributed by atoms with Crippen LogP contribution in [0.25, 0.3) is 0 Å². The van der Waals surface area contributed by atoms with Gasteiger partial charge in [0.25, 0.3) is 0 Å². The Kier molecular flexibility index (Phi) is 4.32. The first kappa shape index (κ1) is 15.5. The molecule has 2 N–H and O–H groups in total. The Morgan fingerprint density at radius 2 is 2.09 bits per heavy atom. The van der Waals surface area contributed by atoms with E-state index in [0.717, 1.165) is 17.7 Å². The summed E-state index contributed by atoms with van der Waals surface area (Å²) < 4.78 is 0. The van der Waals surface area contributed by atoms with Gasteiger partial charge in [-0.1, -0.05) is 18.2 Å². The van der Waals surface area contributed by atoms with E-state index in [0.29, 0.717) is 25.8 Å². The summed E-state index contributed by atoms with van der Waals surface area (Å²) in [6.07, 6.45) is 2.52. The molecule has 2 amide bonds.